The molecule has 5 nitrogen and oxygen atoms in total. The number of nitrogens with one attached hydrogen (secondary N) is 1. The number of ether oxygens (including phenoxy) is 2. The maximum atomic E-state index is 11.6. The largest absolute Gasteiger partial charge is 0.493 e. The van der Waals surface area contributed by atoms with Crippen molar-refractivity contribution in [1.29, 1.82) is 0 Å². The fourth-order valence-corrected chi connectivity index (χ4v) is 3.04. The number of methoxy groups -OCH3 is 2. The van der Waals surface area contributed by atoms with Gasteiger partial charge in [0.2, 0.25) is 0 Å². The molecule has 1 N–H and O–H groups in total. The Morgan fingerprint density at radius 2 is 1.58 bits per heavy atom. The van der Waals surface area contributed by atoms with Gasteiger partial charge in [-0.3, -0.25) is 14.9 Å². The van der Waals surface area contributed by atoms with Gasteiger partial charge in [0.15, 0.2) is 11.5 Å². The summed E-state index contributed by atoms with van der Waals surface area (Å²) >= 11 is 0.909. The van der Waals surface area contributed by atoms with Gasteiger partial charge in [-0.15, -0.1) is 0 Å². The van der Waals surface area contributed by atoms with Crippen molar-refractivity contribution in [3.05, 3.63) is 52.9 Å². The summed E-state index contributed by atoms with van der Waals surface area (Å²) < 4.78 is 10.6. The van der Waals surface area contributed by atoms with Gasteiger partial charge in [-0.1, -0.05) is 30.3 Å². The molecular weight excluding hydrogens is 326 g/mol. The second-order valence-electron chi connectivity index (χ2n) is 5.04. The van der Waals surface area contributed by atoms with Crippen LogP contribution >= 0.6 is 11.8 Å². The first kappa shape index (κ1) is 16.1. The zero-order valence-corrected chi connectivity index (χ0v) is 14.0. The van der Waals surface area contributed by atoms with Crippen LogP contribution in [0.3, 0.4) is 0 Å². The van der Waals surface area contributed by atoms with Gasteiger partial charge in [-0.2, -0.15) is 0 Å². The number of thioether (sulfide) groups is 1. The van der Waals surface area contributed by atoms with Crippen LogP contribution in [-0.4, -0.2) is 25.4 Å². The number of amides is 2. The fraction of sp³-hybridized carbons (Fsp3) is 0.111. The summed E-state index contributed by atoms with van der Waals surface area (Å²) in [7, 11) is 3.20. The van der Waals surface area contributed by atoms with Crippen LogP contribution in [0.2, 0.25) is 0 Å². The molecule has 0 aliphatic carbocycles. The predicted molar refractivity (Wildman–Crippen MR) is 94.1 cm³/mol. The van der Waals surface area contributed by atoms with Crippen LogP contribution in [0.4, 0.5) is 4.79 Å². The van der Waals surface area contributed by atoms with Crippen molar-refractivity contribution in [3.63, 3.8) is 0 Å². The van der Waals surface area contributed by atoms with Gasteiger partial charge in [0.25, 0.3) is 11.1 Å². The molecule has 0 unspecified atom stereocenters. The zero-order chi connectivity index (χ0) is 17.1. The van der Waals surface area contributed by atoms with Crippen LogP contribution in [0.25, 0.3) is 17.2 Å². The van der Waals surface area contributed by atoms with E-state index in [-0.39, 0.29) is 11.1 Å². The molecule has 2 aromatic rings. The zero-order valence-electron chi connectivity index (χ0n) is 13.2. The first-order chi connectivity index (χ1) is 11.6. The summed E-state index contributed by atoms with van der Waals surface area (Å²) in [5.41, 5.74) is 2.86. The second-order valence-corrected chi connectivity index (χ2v) is 6.06. The van der Waals surface area contributed by atoms with Gasteiger partial charge < -0.3 is 9.47 Å². The molecule has 1 fully saturated rings. The lowest BCUT2D eigenvalue weighted by Gasteiger charge is -2.10. The number of carbonyl (C=O) groups excluding carboxylic acids is 2. The van der Waals surface area contributed by atoms with E-state index >= 15 is 0 Å². The molecule has 122 valence electrons. The van der Waals surface area contributed by atoms with E-state index in [2.05, 4.69) is 5.32 Å². The van der Waals surface area contributed by atoms with Crippen molar-refractivity contribution in [3.8, 4) is 22.6 Å². The standard InChI is InChI=1S/C18H15NO4S/c1-22-14-8-7-13(10-15(14)23-2)12-5-3-11(4-6-12)9-16-17(20)19-18(21)24-16/h3-10H,1-2H3,(H,19,20,21). The number of hydrogen-bond donors (Lipinski definition) is 1. The Morgan fingerprint density at radius 3 is 2.17 bits per heavy atom. The lowest BCUT2D eigenvalue weighted by atomic mass is 10.0. The minimum Gasteiger partial charge on any atom is -0.493 e. The van der Waals surface area contributed by atoms with E-state index in [1.54, 1.807) is 20.3 Å². The van der Waals surface area contributed by atoms with E-state index in [4.69, 9.17) is 9.47 Å². The molecule has 2 amide bonds. The molecule has 0 radical (unpaired) electrons. The Morgan fingerprint density at radius 1 is 0.917 bits per heavy atom. The van der Waals surface area contributed by atoms with Crippen molar-refractivity contribution in [1.82, 2.24) is 5.32 Å². The molecule has 0 saturated carbocycles. The lowest BCUT2D eigenvalue weighted by Crippen LogP contribution is -2.17. The molecule has 0 atom stereocenters. The van der Waals surface area contributed by atoms with Crippen molar-refractivity contribution < 1.29 is 19.1 Å². The second kappa shape index (κ2) is 6.80. The van der Waals surface area contributed by atoms with E-state index in [1.807, 2.05) is 42.5 Å². The van der Waals surface area contributed by atoms with Crippen molar-refractivity contribution in [2.24, 2.45) is 0 Å². The van der Waals surface area contributed by atoms with Crippen LogP contribution in [-0.2, 0) is 4.79 Å². The molecule has 0 aromatic heterocycles. The van der Waals surface area contributed by atoms with Crippen molar-refractivity contribution in [2.75, 3.05) is 14.2 Å². The van der Waals surface area contributed by atoms with Crippen LogP contribution in [0.15, 0.2) is 47.4 Å². The number of carbonyl (C=O) groups is 2. The molecule has 1 aliphatic rings. The molecule has 0 spiro atoms. The number of hydrogen-bond acceptors (Lipinski definition) is 5. The van der Waals surface area contributed by atoms with Gasteiger partial charge in [0.05, 0.1) is 19.1 Å². The van der Waals surface area contributed by atoms with Crippen LogP contribution in [0, 0.1) is 0 Å². The van der Waals surface area contributed by atoms with Crippen molar-refractivity contribution in [2.45, 2.75) is 0 Å². The molecule has 1 heterocycles. The maximum absolute atomic E-state index is 11.6. The Balaban J connectivity index is 1.86. The molecule has 3 rings (SSSR count). The number of imide groups is 1. The highest BCUT2D eigenvalue weighted by molar-refractivity contribution is 8.18. The van der Waals surface area contributed by atoms with Gasteiger partial charge in [0.1, 0.15) is 0 Å². The van der Waals surface area contributed by atoms with Crippen LogP contribution in [0.5, 0.6) is 11.5 Å². The Labute approximate surface area is 143 Å². The summed E-state index contributed by atoms with van der Waals surface area (Å²) in [5.74, 6) is 0.990. The topological polar surface area (TPSA) is 64.6 Å². The van der Waals surface area contributed by atoms with Gasteiger partial charge in [-0.25, -0.2) is 0 Å². The van der Waals surface area contributed by atoms with E-state index < -0.39 is 0 Å². The number of benzene rings is 2. The Bertz CT molecular complexity index is 827. The smallest absolute Gasteiger partial charge is 0.290 e. The van der Waals surface area contributed by atoms with Crippen molar-refractivity contribution >= 4 is 29.0 Å². The molecule has 24 heavy (non-hydrogen) atoms. The average molecular weight is 341 g/mol. The minimum atomic E-state index is -0.353. The molecule has 0 bridgehead atoms. The third kappa shape index (κ3) is 3.28. The average Bonchev–Trinajstić information content (AvgIpc) is 2.92. The molecule has 1 saturated heterocycles. The summed E-state index contributed by atoms with van der Waals surface area (Å²) in [4.78, 5) is 23.1. The minimum absolute atomic E-state index is 0.340. The third-order valence-corrected chi connectivity index (χ3v) is 4.38. The first-order valence-corrected chi connectivity index (χ1v) is 7.99. The summed E-state index contributed by atoms with van der Waals surface area (Å²) in [6.45, 7) is 0. The Hall–Kier alpha value is -2.73. The summed E-state index contributed by atoms with van der Waals surface area (Å²) in [6, 6.07) is 13.4. The Kier molecular flexibility index (Phi) is 4.57. The van der Waals surface area contributed by atoms with Gasteiger partial charge in [0, 0.05) is 0 Å². The molecular formula is C18H15NO4S. The van der Waals surface area contributed by atoms with E-state index in [0.717, 1.165) is 28.5 Å². The maximum Gasteiger partial charge on any atom is 0.290 e. The predicted octanol–water partition coefficient (Wildman–Crippen LogP) is 3.69. The third-order valence-electron chi connectivity index (χ3n) is 3.57. The first-order valence-electron chi connectivity index (χ1n) is 7.18. The summed E-state index contributed by atoms with van der Waals surface area (Å²) in [6.07, 6.45) is 1.70. The SMILES string of the molecule is COc1ccc(-c2ccc(C=C3SC(=O)NC3=O)cc2)cc1OC. The van der Waals surface area contributed by atoms with E-state index in [0.29, 0.717) is 16.4 Å². The molecule has 1 aliphatic heterocycles. The number of rotatable bonds is 4. The normalized spacial score (nSPS) is 15.5. The van der Waals surface area contributed by atoms with E-state index in [9.17, 15) is 9.59 Å². The lowest BCUT2D eigenvalue weighted by molar-refractivity contribution is -0.115. The monoisotopic (exact) mass is 341 g/mol. The highest BCUT2D eigenvalue weighted by atomic mass is 32.2. The van der Waals surface area contributed by atoms with Gasteiger partial charge in [-0.05, 0) is 46.7 Å². The summed E-state index contributed by atoms with van der Waals surface area (Å²) in [5, 5.41) is 1.90. The van der Waals surface area contributed by atoms with Crippen LogP contribution in [0.1, 0.15) is 5.56 Å². The van der Waals surface area contributed by atoms with Crippen LogP contribution < -0.4 is 14.8 Å². The van der Waals surface area contributed by atoms with E-state index in [1.165, 1.54) is 0 Å². The quantitative estimate of drug-likeness (QED) is 0.859. The molecule has 2 aromatic carbocycles. The molecule has 6 heteroatoms. The van der Waals surface area contributed by atoms with Gasteiger partial charge >= 0.3 is 0 Å². The highest BCUT2D eigenvalue weighted by Gasteiger charge is 2.24. The fourth-order valence-electron chi connectivity index (χ4n) is 2.36. The highest BCUT2D eigenvalue weighted by Crippen LogP contribution is 2.32.